The van der Waals surface area contributed by atoms with Gasteiger partial charge in [0.15, 0.2) is 11.9 Å². The summed E-state index contributed by atoms with van der Waals surface area (Å²) in [7, 11) is 1.95. The molecule has 0 aliphatic rings. The Hall–Kier alpha value is -3.12. The van der Waals surface area contributed by atoms with Gasteiger partial charge < -0.3 is 4.42 Å². The second kappa shape index (κ2) is 6.55. The van der Waals surface area contributed by atoms with Crippen molar-refractivity contribution in [2.45, 2.75) is 27.1 Å². The maximum atomic E-state index is 8.37. The molecular formula is C24H23N2O+. The Balaban J connectivity index is 1.89. The zero-order chi connectivity index (χ0) is 20.9. The van der Waals surface area contributed by atoms with Crippen LogP contribution in [0.3, 0.4) is 0 Å². The average Bonchev–Trinajstić information content (AvgIpc) is 3.03. The van der Waals surface area contributed by atoms with E-state index < -0.39 is 6.37 Å². The van der Waals surface area contributed by atoms with E-state index in [4.69, 9.17) is 13.7 Å². The topological polar surface area (TPSA) is 21.4 Å². The summed E-state index contributed by atoms with van der Waals surface area (Å²) in [5.41, 5.74) is 5.94. The van der Waals surface area contributed by atoms with Crippen LogP contribution in [-0.4, -0.2) is 0 Å². The lowest BCUT2D eigenvalue weighted by Crippen LogP contribution is -2.31. The molecule has 4 rings (SSSR count). The SMILES string of the molecule is [2H]C([2H])(c1ccc(-c2cc3c(cc2C)oc2cc([N+]#[C-])ccc23)[n+](C)c1)C(C)C. The third-order valence-electron chi connectivity index (χ3n) is 4.80. The van der Waals surface area contributed by atoms with Crippen molar-refractivity contribution in [2.75, 3.05) is 0 Å². The van der Waals surface area contributed by atoms with Crippen molar-refractivity contribution >= 4 is 27.6 Å². The van der Waals surface area contributed by atoms with Crippen LogP contribution < -0.4 is 4.57 Å². The van der Waals surface area contributed by atoms with Crippen molar-refractivity contribution < 1.29 is 11.7 Å². The highest BCUT2D eigenvalue weighted by molar-refractivity contribution is 6.07. The second-order valence-corrected chi connectivity index (χ2v) is 7.27. The maximum absolute atomic E-state index is 8.37. The predicted molar refractivity (Wildman–Crippen MR) is 110 cm³/mol. The van der Waals surface area contributed by atoms with Gasteiger partial charge in [-0.15, -0.1) is 0 Å². The second-order valence-electron chi connectivity index (χ2n) is 7.27. The molecule has 3 nitrogen and oxygen atoms in total. The molecule has 0 saturated carbocycles. The highest BCUT2D eigenvalue weighted by Crippen LogP contribution is 2.35. The minimum absolute atomic E-state index is 0.107. The van der Waals surface area contributed by atoms with Gasteiger partial charge in [0.25, 0.3) is 0 Å². The van der Waals surface area contributed by atoms with Gasteiger partial charge in [-0.3, -0.25) is 0 Å². The lowest BCUT2D eigenvalue weighted by molar-refractivity contribution is -0.660. The molecule has 0 bridgehead atoms. The minimum Gasteiger partial charge on any atom is -0.457 e. The van der Waals surface area contributed by atoms with Gasteiger partial charge in [-0.25, -0.2) is 9.41 Å². The van der Waals surface area contributed by atoms with E-state index >= 15 is 0 Å². The molecule has 134 valence electrons. The zero-order valence-corrected chi connectivity index (χ0v) is 16.0. The van der Waals surface area contributed by atoms with E-state index in [0.29, 0.717) is 11.3 Å². The summed E-state index contributed by atoms with van der Waals surface area (Å²) in [6, 6.07) is 13.6. The molecule has 27 heavy (non-hydrogen) atoms. The predicted octanol–water partition coefficient (Wildman–Crippen LogP) is 6.14. The Labute approximate surface area is 162 Å². The van der Waals surface area contributed by atoms with Gasteiger partial charge in [0.1, 0.15) is 18.2 Å². The fourth-order valence-electron chi connectivity index (χ4n) is 3.56. The number of fused-ring (bicyclic) bond motifs is 3. The monoisotopic (exact) mass is 357 g/mol. The first kappa shape index (κ1) is 15.0. The Morgan fingerprint density at radius 2 is 1.89 bits per heavy atom. The number of pyridine rings is 1. The van der Waals surface area contributed by atoms with Crippen LogP contribution in [0.25, 0.3) is 38.0 Å². The molecule has 2 heterocycles. The number of hydrogen-bond acceptors (Lipinski definition) is 1. The number of rotatable bonds is 3. The molecule has 0 aliphatic heterocycles. The summed E-state index contributed by atoms with van der Waals surface area (Å²) < 4.78 is 24.7. The first-order valence-corrected chi connectivity index (χ1v) is 9.07. The van der Waals surface area contributed by atoms with Gasteiger partial charge >= 0.3 is 0 Å². The van der Waals surface area contributed by atoms with E-state index in [1.165, 1.54) is 0 Å². The molecule has 0 atom stereocenters. The van der Waals surface area contributed by atoms with Gasteiger partial charge in [0.05, 0.1) is 6.57 Å². The lowest BCUT2D eigenvalue weighted by atomic mass is 9.99. The summed E-state index contributed by atoms with van der Waals surface area (Å²) in [5, 5.41) is 2.00. The molecule has 0 fully saturated rings. The zero-order valence-electron chi connectivity index (χ0n) is 18.0. The molecule has 0 radical (unpaired) electrons. The van der Waals surface area contributed by atoms with Crippen LogP contribution in [0, 0.1) is 19.4 Å². The lowest BCUT2D eigenvalue weighted by Gasteiger charge is -2.08. The van der Waals surface area contributed by atoms with Crippen LogP contribution in [0.4, 0.5) is 5.69 Å². The minimum atomic E-state index is -1.38. The van der Waals surface area contributed by atoms with Gasteiger partial charge in [-0.1, -0.05) is 26.0 Å². The molecule has 0 saturated heterocycles. The standard InChI is InChI=1S/C24H23N2O/c1-15(2)10-17-6-9-22(26(5)14-17)20-13-21-19-8-7-18(25-4)12-24(19)27-23(21)11-16(20)3/h6-9,11-15H,10H2,1-3,5H3/q+1/i10D2. The third kappa shape index (κ3) is 3.08. The normalized spacial score (nSPS) is 13.0. The number of aromatic nitrogens is 1. The van der Waals surface area contributed by atoms with E-state index in [-0.39, 0.29) is 5.92 Å². The van der Waals surface area contributed by atoms with Crippen molar-refractivity contribution in [2.24, 2.45) is 13.0 Å². The Bertz CT molecular complexity index is 1300. The van der Waals surface area contributed by atoms with Crippen LogP contribution in [0.1, 0.15) is 27.7 Å². The molecule has 0 aliphatic carbocycles. The van der Waals surface area contributed by atoms with Crippen molar-refractivity contribution in [3.05, 3.63) is 71.2 Å². The molecule has 2 aromatic carbocycles. The summed E-state index contributed by atoms with van der Waals surface area (Å²) in [4.78, 5) is 3.48. The molecular weight excluding hydrogens is 332 g/mol. The number of nitrogens with zero attached hydrogens (tertiary/aromatic N) is 2. The third-order valence-corrected chi connectivity index (χ3v) is 4.80. The highest BCUT2D eigenvalue weighted by atomic mass is 16.3. The number of aryl methyl sites for hydroxylation is 2. The Morgan fingerprint density at radius 3 is 2.59 bits per heavy atom. The van der Waals surface area contributed by atoms with E-state index in [0.717, 1.165) is 38.8 Å². The molecule has 0 spiro atoms. The fraction of sp³-hybridized carbons (Fsp3) is 0.250. The van der Waals surface area contributed by atoms with Crippen molar-refractivity contribution in [3.8, 4) is 11.3 Å². The molecule has 2 aromatic heterocycles. The molecule has 4 aromatic rings. The van der Waals surface area contributed by atoms with Gasteiger partial charge in [0.2, 0.25) is 5.69 Å². The summed E-state index contributed by atoms with van der Waals surface area (Å²) in [6.45, 7) is 13.0. The maximum Gasteiger partial charge on any atom is 0.212 e. The molecule has 0 amide bonds. The van der Waals surface area contributed by atoms with Crippen LogP contribution in [0.5, 0.6) is 0 Å². The van der Waals surface area contributed by atoms with Crippen LogP contribution in [0.2, 0.25) is 0 Å². The molecule has 3 heteroatoms. The van der Waals surface area contributed by atoms with E-state index in [1.807, 2.05) is 68.9 Å². The van der Waals surface area contributed by atoms with Crippen molar-refractivity contribution in [1.29, 1.82) is 0 Å². The van der Waals surface area contributed by atoms with Crippen LogP contribution in [-0.2, 0) is 13.4 Å². The van der Waals surface area contributed by atoms with Crippen LogP contribution in [0.15, 0.2) is 53.1 Å². The van der Waals surface area contributed by atoms with Gasteiger partial charge in [0, 0.05) is 30.7 Å². The summed E-state index contributed by atoms with van der Waals surface area (Å²) in [6.07, 6.45) is 0.505. The molecule has 0 N–H and O–H groups in total. The smallest absolute Gasteiger partial charge is 0.212 e. The Kier molecular flexibility index (Phi) is 3.64. The van der Waals surface area contributed by atoms with Crippen LogP contribution >= 0.6 is 0 Å². The van der Waals surface area contributed by atoms with Crippen molar-refractivity contribution in [1.82, 2.24) is 0 Å². The number of benzene rings is 2. The van der Waals surface area contributed by atoms with E-state index in [2.05, 4.69) is 10.9 Å². The van der Waals surface area contributed by atoms with Gasteiger partial charge in [-0.05, 0) is 49.0 Å². The first-order chi connectivity index (χ1) is 13.7. The van der Waals surface area contributed by atoms with E-state index in [1.54, 1.807) is 6.07 Å². The average molecular weight is 357 g/mol. The summed E-state index contributed by atoms with van der Waals surface area (Å²) in [5.74, 6) is -0.107. The first-order valence-electron chi connectivity index (χ1n) is 10.1. The van der Waals surface area contributed by atoms with E-state index in [9.17, 15) is 0 Å². The largest absolute Gasteiger partial charge is 0.457 e. The number of furan rings is 1. The molecule has 0 unspecified atom stereocenters. The highest BCUT2D eigenvalue weighted by Gasteiger charge is 2.17. The quantitative estimate of drug-likeness (QED) is 0.319. The number of hydrogen-bond donors (Lipinski definition) is 0. The Morgan fingerprint density at radius 1 is 1.11 bits per heavy atom. The fourth-order valence-corrected chi connectivity index (χ4v) is 3.56. The summed E-state index contributed by atoms with van der Waals surface area (Å²) >= 11 is 0. The van der Waals surface area contributed by atoms with Crippen molar-refractivity contribution in [3.63, 3.8) is 0 Å². The van der Waals surface area contributed by atoms with Gasteiger partial charge in [-0.2, -0.15) is 0 Å².